The average Bonchev–Trinajstić information content (AvgIpc) is 3.24. The number of thiazole rings is 1. The van der Waals surface area contributed by atoms with Gasteiger partial charge in [0.25, 0.3) is 5.91 Å². The van der Waals surface area contributed by atoms with Crippen LogP contribution < -0.4 is 4.90 Å². The first-order valence-corrected chi connectivity index (χ1v) is 11.3. The van der Waals surface area contributed by atoms with E-state index in [2.05, 4.69) is 18.7 Å². The molecule has 2 aromatic carbocycles. The number of hydrogen-bond acceptors (Lipinski definition) is 4. The summed E-state index contributed by atoms with van der Waals surface area (Å²) in [5.41, 5.74) is 2.04. The number of nitrogens with zero attached hydrogens (tertiary/aromatic N) is 3. The van der Waals surface area contributed by atoms with E-state index in [-0.39, 0.29) is 5.91 Å². The van der Waals surface area contributed by atoms with Crippen molar-refractivity contribution < 1.29 is 9.18 Å². The number of rotatable bonds is 9. The van der Waals surface area contributed by atoms with Gasteiger partial charge in [-0.1, -0.05) is 43.6 Å². The summed E-state index contributed by atoms with van der Waals surface area (Å²) in [4.78, 5) is 21.9. The van der Waals surface area contributed by atoms with Crippen molar-refractivity contribution in [1.82, 2.24) is 9.88 Å². The second kappa shape index (κ2) is 10.7. The van der Waals surface area contributed by atoms with Crippen molar-refractivity contribution in [3.8, 4) is 11.3 Å². The first kappa shape index (κ1) is 22.4. The maximum Gasteiger partial charge on any atom is 0.260 e. The predicted molar refractivity (Wildman–Crippen MR) is 123 cm³/mol. The van der Waals surface area contributed by atoms with Gasteiger partial charge >= 0.3 is 0 Å². The predicted octanol–water partition coefficient (Wildman–Crippen LogP) is 5.98. The van der Waals surface area contributed by atoms with Crippen molar-refractivity contribution >= 4 is 34.0 Å². The van der Waals surface area contributed by atoms with E-state index in [1.165, 1.54) is 23.5 Å². The maximum absolute atomic E-state index is 13.7. The Labute approximate surface area is 185 Å². The van der Waals surface area contributed by atoms with Crippen LogP contribution in [0, 0.1) is 5.82 Å². The number of carbonyl (C=O) groups is 1. The van der Waals surface area contributed by atoms with Crippen LogP contribution in [0.5, 0.6) is 0 Å². The Kier molecular flexibility index (Phi) is 7.96. The number of benzene rings is 2. The number of aromatic nitrogens is 1. The van der Waals surface area contributed by atoms with Crippen molar-refractivity contribution in [3.05, 3.63) is 70.3 Å². The lowest BCUT2D eigenvalue weighted by Crippen LogP contribution is -2.34. The fourth-order valence-corrected chi connectivity index (χ4v) is 4.18. The molecule has 1 amide bonds. The number of hydrogen-bond donors (Lipinski definition) is 0. The molecule has 0 saturated carbocycles. The van der Waals surface area contributed by atoms with Gasteiger partial charge in [0.2, 0.25) is 0 Å². The molecule has 1 aromatic heterocycles. The summed E-state index contributed by atoms with van der Waals surface area (Å²) in [5, 5.41) is 3.19. The third-order valence-corrected chi connectivity index (χ3v) is 6.05. The van der Waals surface area contributed by atoms with Crippen LogP contribution in [0.1, 0.15) is 30.6 Å². The summed E-state index contributed by atoms with van der Waals surface area (Å²) in [6, 6.07) is 13.2. The first-order chi connectivity index (χ1) is 14.5. The molecule has 3 aromatic rings. The minimum atomic E-state index is -0.426. The van der Waals surface area contributed by atoms with E-state index in [0.29, 0.717) is 22.3 Å². The third-order valence-electron chi connectivity index (χ3n) is 4.93. The molecule has 7 heteroatoms. The largest absolute Gasteiger partial charge is 0.304 e. The van der Waals surface area contributed by atoms with Crippen molar-refractivity contribution in [3.63, 3.8) is 0 Å². The Morgan fingerprint density at radius 2 is 1.83 bits per heavy atom. The zero-order chi connectivity index (χ0) is 21.5. The molecule has 0 aliphatic rings. The highest BCUT2D eigenvalue weighted by molar-refractivity contribution is 7.14. The molecule has 0 atom stereocenters. The number of halogens is 2. The van der Waals surface area contributed by atoms with E-state index in [0.717, 1.165) is 37.3 Å². The number of carbonyl (C=O) groups excluding carboxylic acids is 1. The summed E-state index contributed by atoms with van der Waals surface area (Å²) in [5.74, 6) is -0.670. The van der Waals surface area contributed by atoms with Gasteiger partial charge in [-0.15, -0.1) is 11.3 Å². The van der Waals surface area contributed by atoms with Gasteiger partial charge in [-0.3, -0.25) is 9.69 Å². The van der Waals surface area contributed by atoms with E-state index in [4.69, 9.17) is 16.6 Å². The van der Waals surface area contributed by atoms with Gasteiger partial charge in [-0.25, -0.2) is 9.37 Å². The molecule has 0 unspecified atom stereocenters. The molecule has 0 fully saturated rings. The minimum absolute atomic E-state index is 0.244. The molecule has 1 heterocycles. The zero-order valence-corrected chi connectivity index (χ0v) is 18.7. The molecule has 4 nitrogen and oxygen atoms in total. The van der Waals surface area contributed by atoms with Crippen LogP contribution in [0.3, 0.4) is 0 Å². The van der Waals surface area contributed by atoms with E-state index in [9.17, 15) is 9.18 Å². The lowest BCUT2D eigenvalue weighted by Gasteiger charge is -2.23. The average molecular weight is 446 g/mol. The van der Waals surface area contributed by atoms with Gasteiger partial charge < -0.3 is 4.90 Å². The van der Waals surface area contributed by atoms with Crippen molar-refractivity contribution in [2.75, 3.05) is 31.1 Å². The molecular formula is C23H25ClFN3OS. The Hall–Kier alpha value is -2.28. The molecule has 30 heavy (non-hydrogen) atoms. The topological polar surface area (TPSA) is 36.4 Å². The monoisotopic (exact) mass is 445 g/mol. The molecule has 0 radical (unpaired) electrons. The first-order valence-electron chi connectivity index (χ1n) is 10.0. The summed E-state index contributed by atoms with van der Waals surface area (Å²) in [7, 11) is 0. The van der Waals surface area contributed by atoms with Crippen LogP contribution in [0.2, 0.25) is 5.02 Å². The van der Waals surface area contributed by atoms with Crippen LogP contribution in [-0.4, -0.2) is 42.0 Å². The van der Waals surface area contributed by atoms with E-state index in [1.54, 1.807) is 17.0 Å². The zero-order valence-electron chi connectivity index (χ0n) is 17.1. The summed E-state index contributed by atoms with van der Waals surface area (Å²) >= 11 is 7.39. The highest BCUT2D eigenvalue weighted by Crippen LogP contribution is 2.29. The fourth-order valence-electron chi connectivity index (χ4n) is 3.20. The van der Waals surface area contributed by atoms with Crippen LogP contribution in [0.15, 0.2) is 53.9 Å². The van der Waals surface area contributed by atoms with Gasteiger partial charge in [-0.05, 0) is 56.4 Å². The molecule has 158 valence electrons. The van der Waals surface area contributed by atoms with E-state index >= 15 is 0 Å². The third kappa shape index (κ3) is 5.65. The molecule has 0 saturated heterocycles. The summed E-state index contributed by atoms with van der Waals surface area (Å²) in [6.45, 7) is 7.57. The molecule has 0 aliphatic heterocycles. The SMILES string of the molecule is CCN(CC)CCCN(C(=O)c1cccc(F)c1)c1nc(-c2ccc(Cl)cc2)cs1. The molecule has 0 aliphatic carbocycles. The van der Waals surface area contributed by atoms with Crippen LogP contribution in [-0.2, 0) is 0 Å². The quantitative estimate of drug-likeness (QED) is 0.406. The Morgan fingerprint density at radius 1 is 1.10 bits per heavy atom. The van der Waals surface area contributed by atoms with Gasteiger partial charge in [0.05, 0.1) is 5.69 Å². The number of anilines is 1. The molecule has 0 bridgehead atoms. The van der Waals surface area contributed by atoms with Gasteiger partial charge in [0.15, 0.2) is 5.13 Å². The van der Waals surface area contributed by atoms with Crippen molar-refractivity contribution in [2.24, 2.45) is 0 Å². The fraction of sp³-hybridized carbons (Fsp3) is 0.304. The lowest BCUT2D eigenvalue weighted by molar-refractivity contribution is 0.0985. The Balaban J connectivity index is 1.85. The second-order valence-corrected chi connectivity index (χ2v) is 8.14. The maximum atomic E-state index is 13.7. The minimum Gasteiger partial charge on any atom is -0.304 e. The van der Waals surface area contributed by atoms with Crippen LogP contribution in [0.4, 0.5) is 9.52 Å². The number of amides is 1. The molecular weight excluding hydrogens is 421 g/mol. The van der Waals surface area contributed by atoms with Crippen molar-refractivity contribution in [1.29, 1.82) is 0 Å². The van der Waals surface area contributed by atoms with Gasteiger partial charge in [0.1, 0.15) is 5.82 Å². The summed E-state index contributed by atoms with van der Waals surface area (Å²) < 4.78 is 13.7. The van der Waals surface area contributed by atoms with E-state index < -0.39 is 5.82 Å². The van der Waals surface area contributed by atoms with Gasteiger partial charge in [-0.2, -0.15) is 0 Å². The summed E-state index contributed by atoms with van der Waals surface area (Å²) in [6.07, 6.45) is 0.804. The standard InChI is InChI=1S/C23H25ClFN3OS/c1-3-27(4-2)13-6-14-28(22(29)18-7-5-8-20(25)15-18)23-26-21(16-30-23)17-9-11-19(24)12-10-17/h5,7-12,15-16H,3-4,6,13-14H2,1-2H3. The Bertz CT molecular complexity index is 973. The lowest BCUT2D eigenvalue weighted by atomic mass is 10.2. The Morgan fingerprint density at radius 3 is 2.50 bits per heavy atom. The second-order valence-electron chi connectivity index (χ2n) is 6.87. The van der Waals surface area contributed by atoms with Crippen molar-refractivity contribution in [2.45, 2.75) is 20.3 Å². The van der Waals surface area contributed by atoms with Crippen LogP contribution >= 0.6 is 22.9 Å². The highest BCUT2D eigenvalue weighted by Gasteiger charge is 2.21. The highest BCUT2D eigenvalue weighted by atomic mass is 35.5. The van der Waals surface area contributed by atoms with Crippen LogP contribution in [0.25, 0.3) is 11.3 Å². The normalized spacial score (nSPS) is 11.1. The van der Waals surface area contributed by atoms with E-state index in [1.807, 2.05) is 29.6 Å². The van der Waals surface area contributed by atoms with Gasteiger partial charge in [0, 0.05) is 28.1 Å². The molecule has 0 spiro atoms. The molecule has 0 N–H and O–H groups in total. The molecule has 3 rings (SSSR count). The smallest absolute Gasteiger partial charge is 0.260 e.